The van der Waals surface area contributed by atoms with E-state index in [0.29, 0.717) is 36.0 Å². The van der Waals surface area contributed by atoms with Gasteiger partial charge in [-0.05, 0) is 55.0 Å². The number of methoxy groups -OCH3 is 1. The standard InChI is InChI=1S/C23H24N6O3/c1-14-12-15(4-9-18(14)21(24)31)26-23-25-13-19-22(27-23)29(11-10-20(30)28(19)2)16-5-7-17(32-3)8-6-16/h4-9,12-13H,10-11H2,1-3H3,(H2,24,31)(H,25,26,27). The Hall–Kier alpha value is -4.14. The third-order valence-corrected chi connectivity index (χ3v) is 5.42. The Morgan fingerprint density at radius 3 is 2.59 bits per heavy atom. The van der Waals surface area contributed by atoms with Crippen LogP contribution in [0.3, 0.4) is 0 Å². The van der Waals surface area contributed by atoms with Gasteiger partial charge in [-0.1, -0.05) is 0 Å². The molecule has 0 spiro atoms. The molecule has 0 fully saturated rings. The van der Waals surface area contributed by atoms with Crippen LogP contribution in [0.4, 0.5) is 28.8 Å². The summed E-state index contributed by atoms with van der Waals surface area (Å²) in [5.74, 6) is 1.25. The van der Waals surface area contributed by atoms with Gasteiger partial charge in [0.2, 0.25) is 17.8 Å². The molecule has 1 aliphatic rings. The van der Waals surface area contributed by atoms with E-state index in [1.54, 1.807) is 37.4 Å². The number of hydrogen-bond acceptors (Lipinski definition) is 7. The van der Waals surface area contributed by atoms with Crippen LogP contribution in [-0.2, 0) is 4.79 Å². The molecular weight excluding hydrogens is 408 g/mol. The maximum absolute atomic E-state index is 12.5. The summed E-state index contributed by atoms with van der Waals surface area (Å²) in [7, 11) is 3.34. The van der Waals surface area contributed by atoms with Gasteiger partial charge in [-0.25, -0.2) is 4.98 Å². The number of anilines is 5. The number of carbonyl (C=O) groups is 2. The molecule has 0 aliphatic carbocycles. The fraction of sp³-hybridized carbons (Fsp3) is 0.217. The molecule has 2 amide bonds. The van der Waals surface area contributed by atoms with Gasteiger partial charge in [0.1, 0.15) is 11.4 Å². The normalized spacial score (nSPS) is 13.4. The van der Waals surface area contributed by atoms with Crippen molar-refractivity contribution in [3.8, 4) is 5.75 Å². The van der Waals surface area contributed by atoms with Crippen LogP contribution in [-0.4, -0.2) is 42.5 Å². The zero-order valence-electron chi connectivity index (χ0n) is 18.1. The second-order valence-electron chi connectivity index (χ2n) is 7.47. The highest BCUT2D eigenvalue weighted by molar-refractivity contribution is 5.98. The highest BCUT2D eigenvalue weighted by Gasteiger charge is 2.27. The van der Waals surface area contributed by atoms with E-state index < -0.39 is 5.91 Å². The molecule has 0 saturated heterocycles. The second kappa shape index (κ2) is 8.54. The molecule has 2 aromatic carbocycles. The molecule has 0 bridgehead atoms. The number of rotatable bonds is 5. The Morgan fingerprint density at radius 1 is 1.19 bits per heavy atom. The van der Waals surface area contributed by atoms with Gasteiger partial charge in [0.15, 0.2) is 5.82 Å². The van der Waals surface area contributed by atoms with Crippen molar-refractivity contribution in [2.75, 3.05) is 35.8 Å². The number of aromatic nitrogens is 2. The number of carbonyl (C=O) groups excluding carboxylic acids is 2. The van der Waals surface area contributed by atoms with Gasteiger partial charge in [-0.3, -0.25) is 9.59 Å². The first-order chi connectivity index (χ1) is 15.4. The Labute approximate surface area is 185 Å². The minimum atomic E-state index is -0.474. The first kappa shape index (κ1) is 21.1. The Morgan fingerprint density at radius 2 is 1.94 bits per heavy atom. The summed E-state index contributed by atoms with van der Waals surface area (Å²) in [6.07, 6.45) is 1.98. The molecule has 32 heavy (non-hydrogen) atoms. The molecule has 4 rings (SSSR count). The van der Waals surface area contributed by atoms with Crippen molar-refractivity contribution in [2.45, 2.75) is 13.3 Å². The molecule has 1 aromatic heterocycles. The zero-order chi connectivity index (χ0) is 22.8. The minimum Gasteiger partial charge on any atom is -0.497 e. The predicted octanol–water partition coefficient (Wildman–Crippen LogP) is 3.14. The number of benzene rings is 2. The first-order valence-corrected chi connectivity index (χ1v) is 10.1. The van der Waals surface area contributed by atoms with Crippen molar-refractivity contribution in [2.24, 2.45) is 5.73 Å². The van der Waals surface area contributed by atoms with Crippen LogP contribution in [0.25, 0.3) is 0 Å². The van der Waals surface area contributed by atoms with E-state index in [9.17, 15) is 9.59 Å². The van der Waals surface area contributed by atoms with Crippen LogP contribution < -0.4 is 25.6 Å². The number of aryl methyl sites for hydroxylation is 1. The van der Waals surface area contributed by atoms with Crippen molar-refractivity contribution in [1.29, 1.82) is 0 Å². The number of amides is 2. The summed E-state index contributed by atoms with van der Waals surface area (Å²) >= 11 is 0. The van der Waals surface area contributed by atoms with Gasteiger partial charge < -0.3 is 25.6 Å². The molecule has 0 unspecified atom stereocenters. The fourth-order valence-electron chi connectivity index (χ4n) is 3.64. The third kappa shape index (κ3) is 4.04. The van der Waals surface area contributed by atoms with Gasteiger partial charge in [-0.15, -0.1) is 0 Å². The van der Waals surface area contributed by atoms with E-state index in [1.165, 1.54) is 0 Å². The van der Waals surface area contributed by atoms with Gasteiger partial charge in [0.25, 0.3) is 0 Å². The van der Waals surface area contributed by atoms with Gasteiger partial charge >= 0.3 is 0 Å². The van der Waals surface area contributed by atoms with E-state index >= 15 is 0 Å². The largest absolute Gasteiger partial charge is 0.497 e. The number of hydrogen-bond donors (Lipinski definition) is 2. The SMILES string of the molecule is COc1ccc(N2CCC(=O)N(C)c3cnc(Nc4ccc(C(N)=O)c(C)c4)nc32)cc1. The average Bonchev–Trinajstić information content (AvgIpc) is 2.90. The second-order valence-corrected chi connectivity index (χ2v) is 7.47. The van der Waals surface area contributed by atoms with Gasteiger partial charge in [-0.2, -0.15) is 4.98 Å². The minimum absolute atomic E-state index is 0.00997. The van der Waals surface area contributed by atoms with E-state index in [0.717, 1.165) is 22.7 Å². The number of nitrogens with zero attached hydrogens (tertiary/aromatic N) is 4. The van der Waals surface area contributed by atoms with Crippen LogP contribution >= 0.6 is 0 Å². The summed E-state index contributed by atoms with van der Waals surface area (Å²) in [5.41, 5.74) is 8.84. The summed E-state index contributed by atoms with van der Waals surface area (Å²) < 4.78 is 5.26. The quantitative estimate of drug-likeness (QED) is 0.637. The van der Waals surface area contributed by atoms with Crippen molar-refractivity contribution < 1.29 is 14.3 Å². The Kier molecular flexibility index (Phi) is 5.63. The molecule has 3 aromatic rings. The number of fused-ring (bicyclic) bond motifs is 1. The molecule has 9 nitrogen and oxygen atoms in total. The monoisotopic (exact) mass is 432 g/mol. The zero-order valence-corrected chi connectivity index (χ0v) is 18.1. The maximum atomic E-state index is 12.5. The molecule has 9 heteroatoms. The lowest BCUT2D eigenvalue weighted by Gasteiger charge is -2.24. The van der Waals surface area contributed by atoms with Crippen LogP contribution in [0.5, 0.6) is 5.75 Å². The summed E-state index contributed by atoms with van der Waals surface area (Å²) in [5, 5.41) is 3.17. The molecular formula is C23H24N6O3. The van der Waals surface area contributed by atoms with Crippen molar-refractivity contribution in [3.63, 3.8) is 0 Å². The Bertz CT molecular complexity index is 1180. The van der Waals surface area contributed by atoms with Crippen LogP contribution in [0.1, 0.15) is 22.3 Å². The van der Waals surface area contributed by atoms with E-state index in [4.69, 9.17) is 15.5 Å². The molecule has 2 heterocycles. The molecule has 0 saturated carbocycles. The van der Waals surface area contributed by atoms with Crippen molar-refractivity contribution in [1.82, 2.24) is 9.97 Å². The number of ether oxygens (including phenoxy) is 1. The summed E-state index contributed by atoms with van der Waals surface area (Å²) in [6, 6.07) is 12.8. The van der Waals surface area contributed by atoms with Gasteiger partial charge in [0, 0.05) is 37.0 Å². The van der Waals surface area contributed by atoms with Gasteiger partial charge in [0.05, 0.1) is 13.3 Å². The Balaban J connectivity index is 1.72. The van der Waals surface area contributed by atoms with E-state index in [1.807, 2.05) is 42.2 Å². The molecule has 0 radical (unpaired) electrons. The molecule has 0 atom stereocenters. The molecule has 1 aliphatic heterocycles. The van der Waals surface area contributed by atoms with Crippen LogP contribution in [0.15, 0.2) is 48.7 Å². The lowest BCUT2D eigenvalue weighted by molar-refractivity contribution is -0.118. The topological polar surface area (TPSA) is 114 Å². The third-order valence-electron chi connectivity index (χ3n) is 5.42. The molecule has 3 N–H and O–H groups in total. The van der Waals surface area contributed by atoms with Crippen LogP contribution in [0.2, 0.25) is 0 Å². The van der Waals surface area contributed by atoms with Crippen LogP contribution in [0, 0.1) is 6.92 Å². The summed E-state index contributed by atoms with van der Waals surface area (Å²) in [4.78, 5) is 36.7. The maximum Gasteiger partial charge on any atom is 0.248 e. The number of primary amides is 1. The van der Waals surface area contributed by atoms with Crippen molar-refractivity contribution in [3.05, 3.63) is 59.8 Å². The summed E-state index contributed by atoms with van der Waals surface area (Å²) in [6.45, 7) is 2.29. The number of nitrogens with two attached hydrogens (primary N) is 1. The van der Waals surface area contributed by atoms with E-state index in [-0.39, 0.29) is 5.91 Å². The highest BCUT2D eigenvalue weighted by atomic mass is 16.5. The number of nitrogens with one attached hydrogen (secondary N) is 1. The fourth-order valence-corrected chi connectivity index (χ4v) is 3.64. The van der Waals surface area contributed by atoms with E-state index in [2.05, 4.69) is 10.3 Å². The average molecular weight is 432 g/mol. The van der Waals surface area contributed by atoms with Crippen molar-refractivity contribution >= 4 is 40.6 Å². The lowest BCUT2D eigenvalue weighted by atomic mass is 10.1. The highest BCUT2D eigenvalue weighted by Crippen LogP contribution is 2.36. The predicted molar refractivity (Wildman–Crippen MR) is 123 cm³/mol. The first-order valence-electron chi connectivity index (χ1n) is 10.1. The molecule has 164 valence electrons. The lowest BCUT2D eigenvalue weighted by Crippen LogP contribution is -2.25. The smallest absolute Gasteiger partial charge is 0.248 e.